The predicted molar refractivity (Wildman–Crippen MR) is 68.2 cm³/mol. The molecule has 4 bridgehead atoms. The van der Waals surface area contributed by atoms with Gasteiger partial charge < -0.3 is 9.47 Å². The molecule has 4 aliphatic rings. The van der Waals surface area contributed by atoms with Crippen LogP contribution < -0.4 is 0 Å². The largest absolute Gasteiger partial charge is 0.381 e. The predicted octanol–water partition coefficient (Wildman–Crippen LogP) is 3.50. The van der Waals surface area contributed by atoms with Gasteiger partial charge in [-0.2, -0.15) is 0 Å². The minimum absolute atomic E-state index is 0.163. The lowest BCUT2D eigenvalue weighted by Crippen LogP contribution is -2.55. The Morgan fingerprint density at radius 3 is 2.32 bits per heavy atom. The maximum atomic E-state index is 12.9. The Hall–Kier alpha value is -0.220. The number of methoxy groups -OCH3 is 1. The fourth-order valence-corrected chi connectivity index (χ4v) is 5.15. The maximum Gasteiger partial charge on any atom is 0.268 e. The van der Waals surface area contributed by atoms with Gasteiger partial charge in [-0.05, 0) is 55.3 Å². The van der Waals surface area contributed by atoms with Crippen LogP contribution in [0.25, 0.3) is 0 Å². The average molecular weight is 274 g/mol. The Kier molecular flexibility index (Phi) is 3.37. The number of hydrogen-bond donors (Lipinski definition) is 0. The summed E-state index contributed by atoms with van der Waals surface area (Å²) in [6, 6.07) is 0. The molecule has 0 aromatic rings. The van der Waals surface area contributed by atoms with Crippen molar-refractivity contribution >= 4 is 0 Å². The first-order valence-corrected chi connectivity index (χ1v) is 7.39. The summed E-state index contributed by atoms with van der Waals surface area (Å²) >= 11 is 0. The zero-order valence-corrected chi connectivity index (χ0v) is 11.8. The molecule has 0 radical (unpaired) electrons. The normalized spacial score (nSPS) is 44.8. The van der Waals surface area contributed by atoms with Gasteiger partial charge in [-0.1, -0.05) is 0 Å². The van der Waals surface area contributed by atoms with Crippen LogP contribution >= 0.6 is 0 Å². The second-order valence-corrected chi connectivity index (χ2v) is 7.23. The summed E-state index contributed by atoms with van der Waals surface area (Å²) < 4.78 is 36.7. The Morgan fingerprint density at radius 2 is 1.79 bits per heavy atom. The summed E-state index contributed by atoms with van der Waals surface area (Å²) in [6.45, 7) is 0.993. The topological polar surface area (TPSA) is 18.5 Å². The molecule has 110 valence electrons. The highest BCUT2D eigenvalue weighted by Crippen LogP contribution is 2.60. The van der Waals surface area contributed by atoms with E-state index >= 15 is 0 Å². The van der Waals surface area contributed by atoms with Crippen molar-refractivity contribution in [3.05, 3.63) is 0 Å². The molecule has 0 aromatic carbocycles. The Labute approximate surface area is 113 Å². The number of rotatable bonds is 5. The number of hydrogen-bond acceptors (Lipinski definition) is 2. The average Bonchev–Trinajstić information content (AvgIpc) is 2.25. The monoisotopic (exact) mass is 274 g/mol. The third-order valence-electron chi connectivity index (χ3n) is 5.35. The van der Waals surface area contributed by atoms with Crippen LogP contribution in [0, 0.1) is 23.2 Å². The van der Waals surface area contributed by atoms with Gasteiger partial charge in [0.1, 0.15) is 6.61 Å². The van der Waals surface area contributed by atoms with Crippen molar-refractivity contribution in [1.82, 2.24) is 0 Å². The molecule has 4 heteroatoms. The van der Waals surface area contributed by atoms with Crippen molar-refractivity contribution in [3.63, 3.8) is 0 Å². The lowest BCUT2D eigenvalue weighted by molar-refractivity contribution is -0.174. The third-order valence-corrected chi connectivity index (χ3v) is 5.35. The Morgan fingerprint density at radius 1 is 1.16 bits per heavy atom. The highest BCUT2D eigenvalue weighted by molar-refractivity contribution is 5.05. The van der Waals surface area contributed by atoms with Gasteiger partial charge in [-0.3, -0.25) is 0 Å². The summed E-state index contributed by atoms with van der Waals surface area (Å²) in [5.74, 6) is -0.684. The smallest absolute Gasteiger partial charge is 0.268 e. The van der Waals surface area contributed by atoms with Gasteiger partial charge in [0, 0.05) is 14.0 Å². The molecule has 4 aliphatic carbocycles. The molecular formula is C15H24F2O2. The molecule has 4 rings (SSSR count). The maximum absolute atomic E-state index is 12.9. The third kappa shape index (κ3) is 2.66. The van der Waals surface area contributed by atoms with Crippen molar-refractivity contribution in [2.75, 3.05) is 20.3 Å². The van der Waals surface area contributed by atoms with Crippen LogP contribution in [0.4, 0.5) is 8.78 Å². The first-order chi connectivity index (χ1) is 8.91. The van der Waals surface area contributed by atoms with Crippen LogP contribution in [0.1, 0.15) is 39.0 Å². The molecule has 2 atom stereocenters. The van der Waals surface area contributed by atoms with Gasteiger partial charge in [0.25, 0.3) is 5.92 Å². The molecule has 2 unspecified atom stereocenters. The van der Waals surface area contributed by atoms with Crippen LogP contribution in [0.2, 0.25) is 0 Å². The van der Waals surface area contributed by atoms with Crippen molar-refractivity contribution < 1.29 is 18.3 Å². The molecule has 0 spiro atoms. The summed E-state index contributed by atoms with van der Waals surface area (Å²) in [7, 11) is 1.81. The molecule has 0 saturated heterocycles. The quantitative estimate of drug-likeness (QED) is 0.764. The summed E-state index contributed by atoms with van der Waals surface area (Å²) in [4.78, 5) is 0. The van der Waals surface area contributed by atoms with E-state index in [0.29, 0.717) is 24.5 Å². The molecule has 0 aromatic heterocycles. The molecular weight excluding hydrogens is 250 g/mol. The van der Waals surface area contributed by atoms with E-state index in [1.165, 1.54) is 19.3 Å². The van der Waals surface area contributed by atoms with E-state index in [-0.39, 0.29) is 5.41 Å². The Balaban J connectivity index is 1.63. The van der Waals surface area contributed by atoms with Crippen LogP contribution in [0.3, 0.4) is 0 Å². The van der Waals surface area contributed by atoms with E-state index in [1.807, 2.05) is 7.11 Å². The molecule has 4 saturated carbocycles. The van der Waals surface area contributed by atoms with E-state index in [2.05, 4.69) is 0 Å². The van der Waals surface area contributed by atoms with Crippen molar-refractivity contribution in [2.45, 2.75) is 51.1 Å². The van der Waals surface area contributed by atoms with Crippen molar-refractivity contribution in [2.24, 2.45) is 23.2 Å². The molecule has 0 aliphatic heterocycles. The zero-order chi connectivity index (χ0) is 13.7. The molecule has 0 heterocycles. The van der Waals surface area contributed by atoms with Crippen LogP contribution in [-0.4, -0.2) is 32.4 Å². The van der Waals surface area contributed by atoms with Crippen LogP contribution in [0.15, 0.2) is 0 Å². The minimum atomic E-state index is -2.71. The highest BCUT2D eigenvalue weighted by Gasteiger charge is 2.55. The number of halogens is 2. The van der Waals surface area contributed by atoms with Crippen molar-refractivity contribution in [1.29, 1.82) is 0 Å². The molecule has 19 heavy (non-hydrogen) atoms. The van der Waals surface area contributed by atoms with Gasteiger partial charge in [0.15, 0.2) is 0 Å². The summed E-state index contributed by atoms with van der Waals surface area (Å²) in [5.41, 5.74) is 0.163. The molecule has 4 fully saturated rings. The molecule has 0 amide bonds. The summed E-state index contributed by atoms with van der Waals surface area (Å²) in [5, 5.41) is 0. The molecule has 2 nitrogen and oxygen atoms in total. The number of ether oxygens (including phenoxy) is 2. The van der Waals surface area contributed by atoms with Gasteiger partial charge >= 0.3 is 0 Å². The zero-order valence-electron chi connectivity index (χ0n) is 11.8. The van der Waals surface area contributed by atoms with Gasteiger partial charge in [-0.15, -0.1) is 0 Å². The first kappa shape index (κ1) is 13.7. The lowest BCUT2D eigenvalue weighted by Gasteiger charge is -2.59. The Bertz CT molecular complexity index is 324. The van der Waals surface area contributed by atoms with E-state index in [9.17, 15) is 8.78 Å². The molecule has 0 N–H and O–H groups in total. The van der Waals surface area contributed by atoms with Gasteiger partial charge in [0.2, 0.25) is 0 Å². The second kappa shape index (κ2) is 4.66. The fourth-order valence-electron chi connectivity index (χ4n) is 5.15. The van der Waals surface area contributed by atoms with Crippen LogP contribution in [0.5, 0.6) is 0 Å². The van der Waals surface area contributed by atoms with E-state index < -0.39 is 12.5 Å². The highest BCUT2D eigenvalue weighted by atomic mass is 19.3. The number of alkyl halides is 2. The summed E-state index contributed by atoms with van der Waals surface area (Å²) in [6.07, 6.45) is 6.31. The van der Waals surface area contributed by atoms with E-state index in [4.69, 9.17) is 9.47 Å². The van der Waals surface area contributed by atoms with E-state index in [0.717, 1.165) is 25.7 Å². The van der Waals surface area contributed by atoms with Gasteiger partial charge in [-0.25, -0.2) is 8.78 Å². The van der Waals surface area contributed by atoms with Crippen LogP contribution in [-0.2, 0) is 9.47 Å². The van der Waals surface area contributed by atoms with E-state index in [1.54, 1.807) is 0 Å². The second-order valence-electron chi connectivity index (χ2n) is 7.23. The lowest BCUT2D eigenvalue weighted by atomic mass is 9.49. The standard InChI is InChI=1S/C15H24F2O2/c1-14(16,17)8-19-9-15-5-10-3-11(6-15)13(18-2)12(4-10)7-15/h10-13H,3-9H2,1-2H3. The van der Waals surface area contributed by atoms with Gasteiger partial charge in [0.05, 0.1) is 12.7 Å². The first-order valence-electron chi connectivity index (χ1n) is 7.39. The minimum Gasteiger partial charge on any atom is -0.381 e. The van der Waals surface area contributed by atoms with Crippen molar-refractivity contribution in [3.8, 4) is 0 Å². The fraction of sp³-hybridized carbons (Fsp3) is 1.00. The SMILES string of the molecule is COC1C2CC3CC1CC(COCC(C)(F)F)(C3)C2.